The maximum Gasteiger partial charge on any atom is 0.253 e. The molecule has 5 N–H and O–H groups in total. The number of methoxy groups -OCH3 is 1. The minimum atomic E-state index is -0.742. The van der Waals surface area contributed by atoms with Crippen molar-refractivity contribution in [2.75, 3.05) is 52.4 Å². The molecule has 1 amide bonds. The molecule has 1 heterocycles. The number of halogens is 1. The number of nitrogens with zero attached hydrogens (tertiary/aromatic N) is 1. The standard InChI is InChI=1S/C25H29FN4O5/c1-33-11-12-35-23-15-21(28)18(13-19(23)26)24(29)22(31)14-20(27)16-3-5-17(6-4-16)25(32)30-7-2-9-34-10-8-30/h3-6,13-15,27,29,31H,2,7-12,28H2,1H3/b22-14-,27-20?,29-24?. The molecule has 0 aliphatic carbocycles. The first kappa shape index (κ1) is 25.9. The lowest BCUT2D eigenvalue weighted by molar-refractivity contribution is 0.0741. The van der Waals surface area contributed by atoms with Crippen molar-refractivity contribution in [3.8, 4) is 5.75 Å². The normalized spacial score (nSPS) is 14.3. The SMILES string of the molecule is COCCOc1cc(N)c(C(=N)/C(O)=C/C(=N)c2ccc(C(=O)N3CCCOCC3)cc2)cc1F. The van der Waals surface area contributed by atoms with Crippen molar-refractivity contribution in [2.24, 2.45) is 0 Å². The minimum Gasteiger partial charge on any atom is -0.506 e. The van der Waals surface area contributed by atoms with Crippen molar-refractivity contribution in [1.29, 1.82) is 10.8 Å². The monoisotopic (exact) mass is 484 g/mol. The molecule has 0 atom stereocenters. The Kier molecular flexibility index (Phi) is 8.93. The van der Waals surface area contributed by atoms with E-state index in [1.807, 2.05) is 0 Å². The zero-order valence-corrected chi connectivity index (χ0v) is 19.5. The van der Waals surface area contributed by atoms with E-state index in [4.69, 9.17) is 30.8 Å². The molecular weight excluding hydrogens is 455 g/mol. The average molecular weight is 485 g/mol. The van der Waals surface area contributed by atoms with Gasteiger partial charge in [-0.1, -0.05) is 12.1 Å². The Balaban J connectivity index is 1.70. The first-order chi connectivity index (χ1) is 16.8. The van der Waals surface area contributed by atoms with E-state index >= 15 is 0 Å². The highest BCUT2D eigenvalue weighted by atomic mass is 19.1. The molecule has 2 aromatic rings. The van der Waals surface area contributed by atoms with Gasteiger partial charge in [0.05, 0.1) is 18.9 Å². The van der Waals surface area contributed by atoms with Crippen molar-refractivity contribution in [2.45, 2.75) is 6.42 Å². The Hall–Kier alpha value is -3.76. The van der Waals surface area contributed by atoms with Crippen molar-refractivity contribution in [1.82, 2.24) is 4.90 Å². The molecular formula is C25H29FN4O5. The van der Waals surface area contributed by atoms with Crippen LogP contribution < -0.4 is 10.5 Å². The van der Waals surface area contributed by atoms with Crippen LogP contribution >= 0.6 is 0 Å². The zero-order chi connectivity index (χ0) is 25.4. The lowest BCUT2D eigenvalue weighted by Gasteiger charge is -2.19. The van der Waals surface area contributed by atoms with Gasteiger partial charge in [0, 0.05) is 55.8 Å². The number of rotatable bonds is 9. The van der Waals surface area contributed by atoms with Crippen LogP contribution in [-0.2, 0) is 9.47 Å². The van der Waals surface area contributed by atoms with Gasteiger partial charge in [0.15, 0.2) is 11.6 Å². The molecule has 3 rings (SSSR count). The number of nitrogen functional groups attached to an aromatic ring is 1. The lowest BCUT2D eigenvalue weighted by atomic mass is 10.0. The number of ether oxygens (including phenoxy) is 3. The Labute approximate surface area is 202 Å². The summed E-state index contributed by atoms with van der Waals surface area (Å²) in [4.78, 5) is 14.4. The van der Waals surface area contributed by atoms with Crippen LogP contribution in [0, 0.1) is 16.6 Å². The summed E-state index contributed by atoms with van der Waals surface area (Å²) >= 11 is 0. The Morgan fingerprint density at radius 3 is 2.60 bits per heavy atom. The van der Waals surface area contributed by atoms with Gasteiger partial charge in [-0.3, -0.25) is 10.2 Å². The number of aliphatic hydroxyl groups excluding tert-OH is 1. The molecule has 0 aromatic heterocycles. The van der Waals surface area contributed by atoms with Crippen LogP contribution in [0.4, 0.5) is 10.1 Å². The van der Waals surface area contributed by atoms with Gasteiger partial charge in [0.1, 0.15) is 18.1 Å². The van der Waals surface area contributed by atoms with Crippen LogP contribution in [-0.4, -0.2) is 74.0 Å². The van der Waals surface area contributed by atoms with Gasteiger partial charge in [-0.05, 0) is 30.2 Å². The topological polar surface area (TPSA) is 142 Å². The molecule has 35 heavy (non-hydrogen) atoms. The maximum atomic E-state index is 14.4. The third-order valence-electron chi connectivity index (χ3n) is 5.41. The third-order valence-corrected chi connectivity index (χ3v) is 5.41. The number of benzene rings is 2. The molecule has 1 saturated heterocycles. The predicted octanol–water partition coefficient (Wildman–Crippen LogP) is 3.17. The summed E-state index contributed by atoms with van der Waals surface area (Å²) in [7, 11) is 1.49. The smallest absolute Gasteiger partial charge is 0.253 e. The predicted molar refractivity (Wildman–Crippen MR) is 130 cm³/mol. The van der Waals surface area contributed by atoms with E-state index in [0.717, 1.165) is 18.6 Å². The van der Waals surface area contributed by atoms with Crippen LogP contribution in [0.5, 0.6) is 5.75 Å². The summed E-state index contributed by atoms with van der Waals surface area (Å²) in [5.41, 5.74) is 6.33. The fourth-order valence-electron chi connectivity index (χ4n) is 3.49. The number of amides is 1. The lowest BCUT2D eigenvalue weighted by Crippen LogP contribution is -2.33. The van der Waals surface area contributed by atoms with Crippen molar-refractivity contribution in [3.05, 3.63) is 70.7 Å². The summed E-state index contributed by atoms with van der Waals surface area (Å²) < 4.78 is 29.9. The van der Waals surface area contributed by atoms with E-state index in [1.54, 1.807) is 29.2 Å². The van der Waals surface area contributed by atoms with Crippen LogP contribution in [0.1, 0.15) is 27.9 Å². The van der Waals surface area contributed by atoms with Crippen molar-refractivity contribution >= 4 is 23.0 Å². The first-order valence-corrected chi connectivity index (χ1v) is 11.1. The van der Waals surface area contributed by atoms with Crippen LogP contribution in [0.25, 0.3) is 0 Å². The second-order valence-electron chi connectivity index (χ2n) is 7.86. The molecule has 0 radical (unpaired) electrons. The van der Waals surface area contributed by atoms with Gasteiger partial charge in [-0.25, -0.2) is 4.39 Å². The maximum absolute atomic E-state index is 14.4. The van der Waals surface area contributed by atoms with Gasteiger partial charge in [0.25, 0.3) is 5.91 Å². The minimum absolute atomic E-state index is 0.0366. The Bertz CT molecular complexity index is 1110. The number of nitrogens with two attached hydrogens (primary N) is 1. The second kappa shape index (κ2) is 12.1. The molecule has 0 bridgehead atoms. The third kappa shape index (κ3) is 6.65. The van der Waals surface area contributed by atoms with E-state index in [0.29, 0.717) is 37.4 Å². The summed E-state index contributed by atoms with van der Waals surface area (Å²) in [6.07, 6.45) is 1.86. The van der Waals surface area contributed by atoms with Crippen LogP contribution in [0.2, 0.25) is 0 Å². The van der Waals surface area contributed by atoms with Gasteiger partial charge in [-0.2, -0.15) is 0 Å². The molecule has 10 heteroatoms. The van der Waals surface area contributed by atoms with Crippen LogP contribution in [0.15, 0.2) is 48.2 Å². The molecule has 1 aliphatic heterocycles. The number of aliphatic hydroxyl groups is 1. The highest BCUT2D eigenvalue weighted by molar-refractivity contribution is 6.17. The van der Waals surface area contributed by atoms with E-state index in [-0.39, 0.29) is 41.8 Å². The van der Waals surface area contributed by atoms with Crippen molar-refractivity contribution < 1.29 is 28.5 Å². The molecule has 186 valence electrons. The molecule has 0 spiro atoms. The van der Waals surface area contributed by atoms with E-state index in [2.05, 4.69) is 0 Å². The zero-order valence-electron chi connectivity index (χ0n) is 19.5. The fraction of sp³-hybridized carbons (Fsp3) is 0.320. The Morgan fingerprint density at radius 2 is 1.89 bits per heavy atom. The number of anilines is 1. The van der Waals surface area contributed by atoms with E-state index < -0.39 is 17.3 Å². The average Bonchev–Trinajstić information content (AvgIpc) is 3.15. The number of hydrogen-bond donors (Lipinski definition) is 4. The molecule has 1 fully saturated rings. The molecule has 0 saturated carbocycles. The molecule has 2 aromatic carbocycles. The van der Waals surface area contributed by atoms with Crippen molar-refractivity contribution in [3.63, 3.8) is 0 Å². The fourth-order valence-corrected chi connectivity index (χ4v) is 3.49. The number of nitrogens with one attached hydrogen (secondary N) is 2. The van der Waals surface area contributed by atoms with Crippen LogP contribution in [0.3, 0.4) is 0 Å². The highest BCUT2D eigenvalue weighted by Gasteiger charge is 2.19. The summed E-state index contributed by atoms with van der Waals surface area (Å²) in [5.74, 6) is -1.50. The summed E-state index contributed by atoms with van der Waals surface area (Å²) in [6.45, 7) is 2.68. The molecule has 0 unspecified atom stereocenters. The Morgan fingerprint density at radius 1 is 1.17 bits per heavy atom. The van der Waals surface area contributed by atoms with Gasteiger partial charge in [-0.15, -0.1) is 0 Å². The second-order valence-corrected chi connectivity index (χ2v) is 7.86. The highest BCUT2D eigenvalue weighted by Crippen LogP contribution is 2.26. The van der Waals surface area contributed by atoms with E-state index in [1.165, 1.54) is 13.2 Å². The summed E-state index contributed by atoms with van der Waals surface area (Å²) in [6, 6.07) is 8.66. The van der Waals surface area contributed by atoms with Gasteiger partial charge in [0.2, 0.25) is 0 Å². The number of carbonyl (C=O) groups is 1. The molecule has 1 aliphatic rings. The number of hydrogen-bond acceptors (Lipinski definition) is 8. The van der Waals surface area contributed by atoms with Gasteiger partial charge < -0.3 is 35.4 Å². The van der Waals surface area contributed by atoms with E-state index in [9.17, 15) is 14.3 Å². The van der Waals surface area contributed by atoms with Gasteiger partial charge >= 0.3 is 0 Å². The summed E-state index contributed by atoms with van der Waals surface area (Å²) in [5, 5.41) is 26.9. The number of carbonyl (C=O) groups excluding carboxylic acids is 1. The molecule has 9 nitrogen and oxygen atoms in total. The first-order valence-electron chi connectivity index (χ1n) is 11.1. The largest absolute Gasteiger partial charge is 0.506 e. The number of allylic oxidation sites excluding steroid dienone is 2. The quantitative estimate of drug-likeness (QED) is 0.186.